The van der Waals surface area contributed by atoms with Crippen molar-refractivity contribution in [2.24, 2.45) is 0 Å². The van der Waals surface area contributed by atoms with Crippen molar-refractivity contribution in [3.05, 3.63) is 211 Å². The van der Waals surface area contributed by atoms with Gasteiger partial charge in [0.25, 0.3) is 0 Å². The average molecular weight is 790 g/mol. The average Bonchev–Trinajstić information content (AvgIpc) is 3.72. The Morgan fingerprint density at radius 1 is 0.306 bits per heavy atom. The number of nitrogens with zero attached hydrogens (tertiary/aromatic N) is 3. The number of fused-ring (bicyclic) bond motifs is 12. The second-order valence-electron chi connectivity index (χ2n) is 16.3. The summed E-state index contributed by atoms with van der Waals surface area (Å²) in [5.41, 5.74) is 6.65. The summed E-state index contributed by atoms with van der Waals surface area (Å²) in [7, 11) is 0. The summed E-state index contributed by atoms with van der Waals surface area (Å²) in [6, 6.07) is 71.4. The lowest BCUT2D eigenvalue weighted by molar-refractivity contribution is 0.672. The monoisotopic (exact) mass is 789 g/mol. The van der Waals surface area contributed by atoms with Crippen molar-refractivity contribution in [3.63, 3.8) is 0 Å². The molecule has 2 aromatic heterocycles. The molecule has 4 heteroatoms. The van der Waals surface area contributed by atoms with Crippen LogP contribution < -0.4 is 0 Å². The van der Waals surface area contributed by atoms with Gasteiger partial charge in [0.2, 0.25) is 0 Å². The van der Waals surface area contributed by atoms with E-state index >= 15 is 0 Å². The molecule has 0 aliphatic carbocycles. The van der Waals surface area contributed by atoms with Crippen LogP contribution in [0.15, 0.2) is 205 Å². The Morgan fingerprint density at radius 3 is 1.66 bits per heavy atom. The quantitative estimate of drug-likeness (QED) is 0.129. The Morgan fingerprint density at radius 2 is 0.871 bits per heavy atom. The zero-order valence-corrected chi connectivity index (χ0v) is 33.5. The molecule has 0 atom stereocenters. The second kappa shape index (κ2) is 13.7. The summed E-state index contributed by atoms with van der Waals surface area (Å²) in [5.74, 6) is 1.79. The van der Waals surface area contributed by atoms with E-state index in [1.807, 2.05) is 18.2 Å². The molecule has 62 heavy (non-hydrogen) atoms. The predicted octanol–water partition coefficient (Wildman–Crippen LogP) is 15.3. The van der Waals surface area contributed by atoms with Gasteiger partial charge in [-0.2, -0.15) is 0 Å². The molecule has 0 aliphatic rings. The van der Waals surface area contributed by atoms with Gasteiger partial charge >= 0.3 is 0 Å². The van der Waals surface area contributed by atoms with Crippen molar-refractivity contribution in [2.75, 3.05) is 0 Å². The van der Waals surface area contributed by atoms with Crippen LogP contribution in [-0.4, -0.2) is 15.0 Å². The smallest absolute Gasteiger partial charge is 0.168 e. The van der Waals surface area contributed by atoms with Crippen LogP contribution in [-0.2, 0) is 6.42 Å². The lowest BCUT2D eigenvalue weighted by Gasteiger charge is -2.17. The number of furan rings is 1. The molecule has 0 amide bonds. The van der Waals surface area contributed by atoms with Crippen molar-refractivity contribution < 1.29 is 4.42 Å². The molecule has 0 bridgehead atoms. The van der Waals surface area contributed by atoms with Gasteiger partial charge in [0.15, 0.2) is 17.5 Å². The molecule has 0 unspecified atom stereocenters. The molecule has 0 aliphatic heterocycles. The van der Waals surface area contributed by atoms with Gasteiger partial charge in [0.1, 0.15) is 11.2 Å². The van der Waals surface area contributed by atoms with Gasteiger partial charge in [-0.3, -0.25) is 0 Å². The number of aromatic nitrogens is 3. The Balaban J connectivity index is 1.12. The van der Waals surface area contributed by atoms with Crippen LogP contribution in [0.5, 0.6) is 0 Å². The van der Waals surface area contributed by atoms with Gasteiger partial charge < -0.3 is 4.42 Å². The highest BCUT2D eigenvalue weighted by atomic mass is 16.3. The van der Waals surface area contributed by atoms with E-state index in [4.69, 9.17) is 19.4 Å². The summed E-state index contributed by atoms with van der Waals surface area (Å²) in [4.78, 5) is 15.9. The lowest BCUT2D eigenvalue weighted by atomic mass is 9.88. The highest BCUT2D eigenvalue weighted by Gasteiger charge is 2.23. The molecule has 0 N–H and O–H groups in total. The molecule has 0 spiro atoms. The molecule has 288 valence electrons. The number of hydrogen-bond acceptors (Lipinski definition) is 4. The number of rotatable bonds is 5. The van der Waals surface area contributed by atoms with Gasteiger partial charge in [-0.1, -0.05) is 176 Å². The maximum absolute atomic E-state index is 7.15. The molecule has 11 aromatic carbocycles. The fourth-order valence-corrected chi connectivity index (χ4v) is 9.72. The highest BCUT2D eigenvalue weighted by Crippen LogP contribution is 2.43. The first-order valence-corrected chi connectivity index (χ1v) is 21.1. The predicted molar refractivity (Wildman–Crippen MR) is 258 cm³/mol. The minimum absolute atomic E-state index is 0.576. The third kappa shape index (κ3) is 5.50. The minimum atomic E-state index is 0.576. The van der Waals surface area contributed by atoms with Crippen molar-refractivity contribution >= 4 is 86.6 Å². The van der Waals surface area contributed by atoms with E-state index in [2.05, 4.69) is 182 Å². The van der Waals surface area contributed by atoms with Crippen LogP contribution in [0.3, 0.4) is 0 Å². The molecule has 0 radical (unpaired) electrons. The summed E-state index contributed by atoms with van der Waals surface area (Å²) in [6.07, 6.45) is 0.619. The van der Waals surface area contributed by atoms with E-state index < -0.39 is 0 Å². The van der Waals surface area contributed by atoms with E-state index in [0.717, 1.165) is 60.4 Å². The summed E-state index contributed by atoms with van der Waals surface area (Å²) < 4.78 is 7.15. The SMILES string of the molecule is c1ccc(-c2nc(-c3ccc4ccccc4c3)nc(-c3c(Cc4cc5cc6ccccc6cc5c5ccc6ccccc6c45)ccc4c3oc3c5ccccc5ccc43)n2)cc1. The van der Waals surface area contributed by atoms with E-state index in [1.54, 1.807) is 0 Å². The van der Waals surface area contributed by atoms with Gasteiger partial charge in [0.05, 0.1) is 5.56 Å². The first kappa shape index (κ1) is 34.6. The normalized spacial score (nSPS) is 11.9. The van der Waals surface area contributed by atoms with Crippen LogP contribution in [0.4, 0.5) is 0 Å². The maximum Gasteiger partial charge on any atom is 0.168 e. The number of hydrogen-bond donors (Lipinski definition) is 0. The fourth-order valence-electron chi connectivity index (χ4n) is 9.72. The van der Waals surface area contributed by atoms with Crippen molar-refractivity contribution in [3.8, 4) is 34.2 Å². The Kier molecular flexibility index (Phi) is 7.63. The van der Waals surface area contributed by atoms with Crippen LogP contribution in [0.25, 0.3) is 121 Å². The largest absolute Gasteiger partial charge is 0.455 e. The van der Waals surface area contributed by atoms with Crippen molar-refractivity contribution in [1.82, 2.24) is 15.0 Å². The summed E-state index contributed by atoms with van der Waals surface area (Å²) in [5, 5.41) is 16.5. The number of benzene rings is 11. The first-order chi connectivity index (χ1) is 30.7. The molecule has 0 saturated heterocycles. The molecule has 13 rings (SSSR count). The fraction of sp³-hybridized carbons (Fsp3) is 0.0172. The molecule has 0 saturated carbocycles. The molecule has 13 aromatic rings. The Bertz CT molecular complexity index is 3960. The molecular formula is C58H35N3O. The molecule has 2 heterocycles. The summed E-state index contributed by atoms with van der Waals surface area (Å²) in [6.45, 7) is 0. The summed E-state index contributed by atoms with van der Waals surface area (Å²) >= 11 is 0. The third-order valence-corrected chi connectivity index (χ3v) is 12.7. The Labute approximate surface area is 356 Å². The van der Waals surface area contributed by atoms with Gasteiger partial charge in [0, 0.05) is 27.3 Å². The topological polar surface area (TPSA) is 51.8 Å². The molecular weight excluding hydrogens is 755 g/mol. The van der Waals surface area contributed by atoms with Crippen LogP contribution in [0, 0.1) is 0 Å². The third-order valence-electron chi connectivity index (χ3n) is 12.7. The van der Waals surface area contributed by atoms with E-state index in [0.29, 0.717) is 23.9 Å². The molecule has 4 nitrogen and oxygen atoms in total. The highest BCUT2D eigenvalue weighted by molar-refractivity contribution is 6.21. The van der Waals surface area contributed by atoms with Gasteiger partial charge in [-0.25, -0.2) is 15.0 Å². The standard InChI is InChI=1S/C58H35N3O/c1-2-15-38(16-3-1)56-59-57(43-23-22-35-12-4-5-17-39(35)30-43)61-58(60-56)53-42(26-29-50-49-28-25-37-14-9-11-21-47(37)54(49)62-55(50)53)32-45-33-44-31-40-18-6-7-19-41(40)34-51(44)48-27-24-36-13-8-10-20-46(36)52(45)48/h1-31,33-34H,32H2. The van der Waals surface area contributed by atoms with E-state index in [-0.39, 0.29) is 0 Å². The van der Waals surface area contributed by atoms with Gasteiger partial charge in [-0.15, -0.1) is 0 Å². The lowest BCUT2D eigenvalue weighted by Crippen LogP contribution is -2.03. The van der Waals surface area contributed by atoms with Crippen molar-refractivity contribution in [2.45, 2.75) is 6.42 Å². The second-order valence-corrected chi connectivity index (χ2v) is 16.3. The maximum atomic E-state index is 7.15. The van der Waals surface area contributed by atoms with Crippen LogP contribution in [0.2, 0.25) is 0 Å². The van der Waals surface area contributed by atoms with Crippen molar-refractivity contribution in [1.29, 1.82) is 0 Å². The zero-order valence-electron chi connectivity index (χ0n) is 33.5. The van der Waals surface area contributed by atoms with Gasteiger partial charge in [-0.05, 0) is 101 Å². The van der Waals surface area contributed by atoms with E-state index in [1.165, 1.54) is 54.0 Å². The Hall–Kier alpha value is -8.21. The van der Waals surface area contributed by atoms with Crippen LogP contribution >= 0.6 is 0 Å². The van der Waals surface area contributed by atoms with Crippen LogP contribution in [0.1, 0.15) is 11.1 Å². The zero-order chi connectivity index (χ0) is 40.7. The van der Waals surface area contributed by atoms with E-state index in [9.17, 15) is 0 Å². The minimum Gasteiger partial charge on any atom is -0.455 e. The first-order valence-electron chi connectivity index (χ1n) is 21.1. The molecule has 0 fully saturated rings.